The fourth-order valence-electron chi connectivity index (χ4n) is 4.34. The van der Waals surface area contributed by atoms with Crippen molar-refractivity contribution >= 4 is 12.2 Å². The van der Waals surface area contributed by atoms with Gasteiger partial charge in [-0.25, -0.2) is 4.98 Å². The summed E-state index contributed by atoms with van der Waals surface area (Å²) in [4.78, 5) is 4.92. The van der Waals surface area contributed by atoms with E-state index in [1.165, 1.54) is 24.1 Å². The Kier molecular flexibility index (Phi) is 4.50. The van der Waals surface area contributed by atoms with Crippen molar-refractivity contribution in [1.29, 1.82) is 0 Å². The molecule has 2 heterocycles. The molecule has 0 N–H and O–H groups in total. The summed E-state index contributed by atoms with van der Waals surface area (Å²) in [7, 11) is 0. The zero-order chi connectivity index (χ0) is 17.4. The second kappa shape index (κ2) is 6.65. The minimum Gasteiger partial charge on any atom is -0.375 e. The van der Waals surface area contributed by atoms with Gasteiger partial charge in [0.05, 0.1) is 5.60 Å². The molecule has 0 saturated carbocycles. The first-order valence-electron chi connectivity index (χ1n) is 9.39. The standard InChI is InChI=1S/C21H26N2OS/c1-21(2)14-16(12-13-24-21)23-18-11-7-6-10-17(18)20(25)22-19(23)15-8-4-3-5-9-15/h3-5,8-9,16H,6-7,10-14H2,1-2H3. The molecule has 0 bridgehead atoms. The van der Waals surface area contributed by atoms with Crippen molar-refractivity contribution in [2.24, 2.45) is 0 Å². The lowest BCUT2D eigenvalue weighted by molar-refractivity contribution is -0.0694. The maximum Gasteiger partial charge on any atom is 0.142 e. The van der Waals surface area contributed by atoms with Crippen molar-refractivity contribution < 1.29 is 4.74 Å². The highest BCUT2D eigenvalue weighted by molar-refractivity contribution is 7.71. The molecule has 0 spiro atoms. The van der Waals surface area contributed by atoms with E-state index in [4.69, 9.17) is 21.9 Å². The minimum absolute atomic E-state index is 0.0853. The third-order valence-electron chi connectivity index (χ3n) is 5.49. The summed E-state index contributed by atoms with van der Waals surface area (Å²) in [6.07, 6.45) is 6.71. The number of rotatable bonds is 2. The van der Waals surface area contributed by atoms with Crippen LogP contribution in [0.4, 0.5) is 0 Å². The van der Waals surface area contributed by atoms with Crippen molar-refractivity contribution in [1.82, 2.24) is 9.55 Å². The third kappa shape index (κ3) is 3.30. The van der Waals surface area contributed by atoms with Crippen molar-refractivity contribution in [3.8, 4) is 11.4 Å². The van der Waals surface area contributed by atoms with Crippen LogP contribution < -0.4 is 0 Å². The molecule has 1 aliphatic carbocycles. The smallest absolute Gasteiger partial charge is 0.142 e. The first-order valence-corrected chi connectivity index (χ1v) is 9.80. The molecular weight excluding hydrogens is 328 g/mol. The maximum absolute atomic E-state index is 5.98. The van der Waals surface area contributed by atoms with Gasteiger partial charge < -0.3 is 9.30 Å². The van der Waals surface area contributed by atoms with E-state index in [-0.39, 0.29) is 5.60 Å². The number of benzene rings is 1. The van der Waals surface area contributed by atoms with Gasteiger partial charge in [-0.15, -0.1) is 0 Å². The lowest BCUT2D eigenvalue weighted by Gasteiger charge is -2.39. The van der Waals surface area contributed by atoms with Crippen LogP contribution in [0.1, 0.15) is 56.8 Å². The topological polar surface area (TPSA) is 27.1 Å². The lowest BCUT2D eigenvalue weighted by atomic mass is 9.90. The molecule has 1 unspecified atom stereocenters. The highest BCUT2D eigenvalue weighted by Gasteiger charge is 2.33. The average Bonchev–Trinajstić information content (AvgIpc) is 2.61. The molecule has 1 saturated heterocycles. The van der Waals surface area contributed by atoms with Crippen molar-refractivity contribution in [3.05, 3.63) is 46.2 Å². The molecule has 1 fully saturated rings. The van der Waals surface area contributed by atoms with E-state index in [1.54, 1.807) is 0 Å². The molecule has 1 aromatic carbocycles. The minimum atomic E-state index is -0.0853. The number of hydrogen-bond donors (Lipinski definition) is 0. The van der Waals surface area contributed by atoms with Gasteiger partial charge in [-0.05, 0) is 52.4 Å². The lowest BCUT2D eigenvalue weighted by Crippen LogP contribution is -2.37. The predicted octanol–water partition coefficient (Wildman–Crippen LogP) is 5.29. The molecule has 1 aliphatic heterocycles. The van der Waals surface area contributed by atoms with Crippen molar-refractivity contribution in [3.63, 3.8) is 0 Å². The first-order chi connectivity index (χ1) is 12.1. The Morgan fingerprint density at radius 2 is 1.92 bits per heavy atom. The van der Waals surface area contributed by atoms with Gasteiger partial charge in [-0.1, -0.05) is 42.5 Å². The number of ether oxygens (including phenoxy) is 1. The van der Waals surface area contributed by atoms with Gasteiger partial charge in [-0.3, -0.25) is 0 Å². The van der Waals surface area contributed by atoms with E-state index in [2.05, 4.69) is 48.7 Å². The Hall–Kier alpha value is -1.52. The Morgan fingerprint density at radius 3 is 2.68 bits per heavy atom. The second-order valence-electron chi connectivity index (χ2n) is 7.86. The zero-order valence-electron chi connectivity index (χ0n) is 15.1. The molecule has 2 aromatic rings. The Bertz CT molecular complexity index is 826. The van der Waals surface area contributed by atoms with E-state index < -0.39 is 0 Å². The Labute approximate surface area is 155 Å². The van der Waals surface area contributed by atoms with E-state index in [9.17, 15) is 0 Å². The molecule has 132 valence electrons. The summed E-state index contributed by atoms with van der Waals surface area (Å²) >= 11 is 5.68. The SMILES string of the molecule is CC1(C)CC(n2c(-c3ccccc3)nc(=S)c3c2CCCC3)CCO1. The highest BCUT2D eigenvalue weighted by Crippen LogP contribution is 2.38. The third-order valence-corrected chi connectivity index (χ3v) is 5.83. The number of aromatic nitrogens is 2. The maximum atomic E-state index is 5.98. The molecule has 0 amide bonds. The van der Waals surface area contributed by atoms with Crippen LogP contribution in [0, 0.1) is 4.64 Å². The fourth-order valence-corrected chi connectivity index (χ4v) is 4.64. The quantitative estimate of drug-likeness (QED) is 0.686. The van der Waals surface area contributed by atoms with E-state index >= 15 is 0 Å². The van der Waals surface area contributed by atoms with E-state index in [1.807, 2.05) is 0 Å². The molecule has 0 radical (unpaired) electrons. The van der Waals surface area contributed by atoms with Crippen LogP contribution in [-0.4, -0.2) is 21.8 Å². The van der Waals surface area contributed by atoms with Crippen LogP contribution >= 0.6 is 12.2 Å². The van der Waals surface area contributed by atoms with Crippen LogP contribution in [0.3, 0.4) is 0 Å². The van der Waals surface area contributed by atoms with E-state index in [0.717, 1.165) is 48.3 Å². The Morgan fingerprint density at radius 1 is 1.16 bits per heavy atom. The molecule has 1 atom stereocenters. The summed E-state index contributed by atoms with van der Waals surface area (Å²) < 4.78 is 9.30. The van der Waals surface area contributed by atoms with Gasteiger partial charge in [0.25, 0.3) is 0 Å². The van der Waals surface area contributed by atoms with Crippen LogP contribution in [0.5, 0.6) is 0 Å². The monoisotopic (exact) mass is 354 g/mol. The van der Waals surface area contributed by atoms with Gasteiger partial charge in [-0.2, -0.15) is 0 Å². The zero-order valence-corrected chi connectivity index (χ0v) is 15.9. The number of nitrogens with zero attached hydrogens (tertiary/aromatic N) is 2. The van der Waals surface area contributed by atoms with Gasteiger partial charge in [0.1, 0.15) is 10.5 Å². The first kappa shape index (κ1) is 16.9. The van der Waals surface area contributed by atoms with Crippen LogP contribution in [0.2, 0.25) is 0 Å². The van der Waals surface area contributed by atoms with Crippen molar-refractivity contribution in [2.45, 2.75) is 64.0 Å². The van der Waals surface area contributed by atoms with Gasteiger partial charge in [0, 0.05) is 29.5 Å². The largest absolute Gasteiger partial charge is 0.375 e. The van der Waals surface area contributed by atoms with Gasteiger partial charge >= 0.3 is 0 Å². The highest BCUT2D eigenvalue weighted by atomic mass is 32.1. The normalized spacial score (nSPS) is 22.4. The summed E-state index contributed by atoms with van der Waals surface area (Å²) in [6.45, 7) is 5.20. The molecule has 2 aliphatic rings. The summed E-state index contributed by atoms with van der Waals surface area (Å²) in [5.74, 6) is 1.04. The van der Waals surface area contributed by atoms with Gasteiger partial charge in [0.15, 0.2) is 0 Å². The molecular formula is C21H26N2OS. The Balaban J connectivity index is 1.92. The molecule has 1 aromatic heterocycles. The average molecular weight is 355 g/mol. The van der Waals surface area contributed by atoms with Crippen LogP contribution in [-0.2, 0) is 17.6 Å². The molecule has 3 nitrogen and oxygen atoms in total. The molecule has 4 rings (SSSR count). The second-order valence-corrected chi connectivity index (χ2v) is 8.25. The number of hydrogen-bond acceptors (Lipinski definition) is 3. The molecule has 4 heteroatoms. The van der Waals surface area contributed by atoms with Crippen molar-refractivity contribution in [2.75, 3.05) is 6.61 Å². The van der Waals surface area contributed by atoms with E-state index in [0.29, 0.717) is 6.04 Å². The predicted molar refractivity (Wildman–Crippen MR) is 103 cm³/mol. The summed E-state index contributed by atoms with van der Waals surface area (Å²) in [5, 5.41) is 0. The fraction of sp³-hybridized carbons (Fsp3) is 0.524. The van der Waals surface area contributed by atoms with Crippen LogP contribution in [0.25, 0.3) is 11.4 Å². The van der Waals surface area contributed by atoms with Crippen LogP contribution in [0.15, 0.2) is 30.3 Å². The van der Waals surface area contributed by atoms with Gasteiger partial charge in [0.2, 0.25) is 0 Å². The number of fused-ring (bicyclic) bond motifs is 1. The summed E-state index contributed by atoms with van der Waals surface area (Å²) in [6, 6.07) is 10.9. The molecule has 25 heavy (non-hydrogen) atoms. The summed E-state index contributed by atoms with van der Waals surface area (Å²) in [5.41, 5.74) is 3.81.